The van der Waals surface area contributed by atoms with E-state index in [2.05, 4.69) is 20.4 Å². The molecular weight excluding hydrogens is 442 g/mol. The molecule has 0 atom stereocenters. The average molecular weight is 466 g/mol. The number of hydrogen-bond acceptors (Lipinski definition) is 6. The monoisotopic (exact) mass is 465 g/mol. The SMILES string of the molecule is O=C(CSCc1nc2sc3c(c2c(=O)[nH]1)CCCC3)Nc1cnn(Cc2ccccc2)c1. The van der Waals surface area contributed by atoms with Gasteiger partial charge in [0.15, 0.2) is 0 Å². The van der Waals surface area contributed by atoms with Crippen molar-refractivity contribution in [2.45, 2.75) is 38.0 Å². The lowest BCUT2D eigenvalue weighted by molar-refractivity contribution is -0.113. The Labute approximate surface area is 193 Å². The molecule has 0 saturated heterocycles. The number of hydrogen-bond donors (Lipinski definition) is 2. The first-order valence-corrected chi connectivity index (χ1v) is 12.6. The van der Waals surface area contributed by atoms with Gasteiger partial charge in [-0.1, -0.05) is 30.3 Å². The fourth-order valence-electron chi connectivity index (χ4n) is 4.00. The third kappa shape index (κ3) is 4.63. The second-order valence-corrected chi connectivity index (χ2v) is 9.93. The van der Waals surface area contributed by atoms with Crippen LogP contribution in [0.15, 0.2) is 47.5 Å². The summed E-state index contributed by atoms with van der Waals surface area (Å²) in [6, 6.07) is 10.0. The Bertz CT molecular complexity index is 1310. The molecule has 0 saturated carbocycles. The van der Waals surface area contributed by atoms with Crippen molar-refractivity contribution in [3.05, 3.63) is 74.9 Å². The van der Waals surface area contributed by atoms with Crippen LogP contribution >= 0.6 is 23.1 Å². The number of aromatic nitrogens is 4. The number of H-pyrrole nitrogens is 1. The van der Waals surface area contributed by atoms with Gasteiger partial charge >= 0.3 is 0 Å². The summed E-state index contributed by atoms with van der Waals surface area (Å²) in [5, 5.41) is 7.95. The van der Waals surface area contributed by atoms with Gasteiger partial charge < -0.3 is 10.3 Å². The van der Waals surface area contributed by atoms with Crippen LogP contribution in [0.25, 0.3) is 10.2 Å². The van der Waals surface area contributed by atoms with Gasteiger partial charge in [-0.3, -0.25) is 14.3 Å². The molecule has 2 N–H and O–H groups in total. The van der Waals surface area contributed by atoms with Crippen molar-refractivity contribution in [2.75, 3.05) is 11.1 Å². The fraction of sp³-hybridized carbons (Fsp3) is 0.304. The smallest absolute Gasteiger partial charge is 0.259 e. The lowest BCUT2D eigenvalue weighted by Crippen LogP contribution is -2.15. The standard InChI is InChI=1S/C23H23N5O2S2/c29-20(25-16-10-24-28(12-16)11-15-6-2-1-3-7-15)14-31-13-19-26-22(30)21-17-8-4-5-9-18(17)32-23(21)27-19/h1-3,6-7,10,12H,4-5,8-9,11,13-14H2,(H,25,29)(H,26,27,30). The Hall–Kier alpha value is -2.91. The minimum atomic E-state index is -0.107. The third-order valence-corrected chi connectivity index (χ3v) is 7.58. The van der Waals surface area contributed by atoms with Crippen LogP contribution in [0.1, 0.15) is 34.7 Å². The molecule has 9 heteroatoms. The largest absolute Gasteiger partial charge is 0.323 e. The number of fused-ring (bicyclic) bond motifs is 3. The molecule has 0 spiro atoms. The zero-order chi connectivity index (χ0) is 21.9. The van der Waals surface area contributed by atoms with Gasteiger partial charge in [0, 0.05) is 11.1 Å². The number of carbonyl (C=O) groups is 1. The number of aryl methyl sites for hydroxylation is 2. The lowest BCUT2D eigenvalue weighted by atomic mass is 9.97. The van der Waals surface area contributed by atoms with Gasteiger partial charge in [0.25, 0.3) is 5.56 Å². The van der Waals surface area contributed by atoms with E-state index in [1.54, 1.807) is 22.2 Å². The summed E-state index contributed by atoms with van der Waals surface area (Å²) < 4.78 is 1.79. The molecule has 7 nitrogen and oxygen atoms in total. The number of anilines is 1. The Morgan fingerprint density at radius 3 is 2.94 bits per heavy atom. The molecule has 0 aliphatic heterocycles. The molecule has 1 aliphatic carbocycles. The molecular formula is C23H23N5O2S2. The molecule has 0 bridgehead atoms. The molecule has 0 fully saturated rings. The second-order valence-electron chi connectivity index (χ2n) is 7.86. The highest BCUT2D eigenvalue weighted by Gasteiger charge is 2.19. The normalized spacial score (nSPS) is 13.2. The number of carbonyl (C=O) groups excluding carboxylic acids is 1. The number of nitrogens with zero attached hydrogens (tertiary/aromatic N) is 3. The average Bonchev–Trinajstić information content (AvgIpc) is 3.38. The minimum Gasteiger partial charge on any atom is -0.323 e. The zero-order valence-electron chi connectivity index (χ0n) is 17.5. The van der Waals surface area contributed by atoms with Crippen LogP contribution < -0.4 is 10.9 Å². The first kappa shape index (κ1) is 21.0. The predicted molar refractivity (Wildman–Crippen MR) is 129 cm³/mol. The van der Waals surface area contributed by atoms with E-state index in [1.807, 2.05) is 36.5 Å². The molecule has 1 aliphatic rings. The molecule has 164 valence electrons. The molecule has 4 aromatic rings. The molecule has 3 heterocycles. The highest BCUT2D eigenvalue weighted by molar-refractivity contribution is 7.99. The summed E-state index contributed by atoms with van der Waals surface area (Å²) in [6.45, 7) is 0.652. The highest BCUT2D eigenvalue weighted by atomic mass is 32.2. The van der Waals surface area contributed by atoms with Crippen molar-refractivity contribution in [1.29, 1.82) is 0 Å². The summed E-state index contributed by atoms with van der Waals surface area (Å²) >= 11 is 3.07. The molecule has 0 radical (unpaired) electrons. The van der Waals surface area contributed by atoms with E-state index in [0.717, 1.165) is 35.0 Å². The first-order valence-electron chi connectivity index (χ1n) is 10.6. The number of thiophene rings is 1. The molecule has 5 rings (SSSR count). The van der Waals surface area contributed by atoms with Crippen LogP contribution in [0.2, 0.25) is 0 Å². The lowest BCUT2D eigenvalue weighted by Gasteiger charge is -2.09. The van der Waals surface area contributed by atoms with Crippen molar-refractivity contribution < 1.29 is 4.79 Å². The van der Waals surface area contributed by atoms with Crippen LogP contribution in [0.3, 0.4) is 0 Å². The summed E-state index contributed by atoms with van der Waals surface area (Å²) in [5.74, 6) is 1.26. The number of aromatic amines is 1. The second kappa shape index (κ2) is 9.30. The van der Waals surface area contributed by atoms with E-state index in [4.69, 9.17) is 0 Å². The van der Waals surface area contributed by atoms with E-state index < -0.39 is 0 Å². The summed E-state index contributed by atoms with van der Waals surface area (Å²) in [4.78, 5) is 34.6. The van der Waals surface area contributed by atoms with Crippen molar-refractivity contribution in [1.82, 2.24) is 19.7 Å². The number of nitrogens with one attached hydrogen (secondary N) is 2. The van der Waals surface area contributed by atoms with Gasteiger partial charge in [-0.15, -0.1) is 23.1 Å². The topological polar surface area (TPSA) is 92.7 Å². The Balaban J connectivity index is 1.16. The third-order valence-electron chi connectivity index (χ3n) is 5.45. The van der Waals surface area contributed by atoms with Gasteiger partial charge in [-0.05, 0) is 36.8 Å². The van der Waals surface area contributed by atoms with Crippen molar-refractivity contribution >= 4 is 44.9 Å². The van der Waals surface area contributed by atoms with Crippen LogP contribution in [-0.4, -0.2) is 31.4 Å². The van der Waals surface area contributed by atoms with Crippen molar-refractivity contribution in [2.24, 2.45) is 0 Å². The Morgan fingerprint density at radius 1 is 1.22 bits per heavy atom. The number of benzene rings is 1. The summed E-state index contributed by atoms with van der Waals surface area (Å²) in [5.41, 5.74) is 2.95. The van der Waals surface area contributed by atoms with E-state index in [9.17, 15) is 9.59 Å². The summed E-state index contributed by atoms with van der Waals surface area (Å²) in [6.07, 6.45) is 7.80. The van der Waals surface area contributed by atoms with Crippen LogP contribution in [-0.2, 0) is 29.9 Å². The van der Waals surface area contributed by atoms with Gasteiger partial charge in [0.2, 0.25) is 5.91 Å². The van der Waals surface area contributed by atoms with Crippen LogP contribution in [0, 0.1) is 0 Å². The molecule has 3 aromatic heterocycles. The Morgan fingerprint density at radius 2 is 2.06 bits per heavy atom. The van der Waals surface area contributed by atoms with Gasteiger partial charge in [0.05, 0.1) is 35.3 Å². The molecule has 1 aromatic carbocycles. The predicted octanol–water partition coefficient (Wildman–Crippen LogP) is 3.98. The first-order chi connectivity index (χ1) is 15.7. The fourth-order valence-corrected chi connectivity index (χ4v) is 5.97. The molecule has 32 heavy (non-hydrogen) atoms. The van der Waals surface area contributed by atoms with Crippen LogP contribution in [0.4, 0.5) is 5.69 Å². The summed E-state index contributed by atoms with van der Waals surface area (Å²) in [7, 11) is 0. The Kier molecular flexibility index (Phi) is 6.09. The number of amides is 1. The van der Waals surface area contributed by atoms with E-state index in [-0.39, 0.29) is 17.2 Å². The van der Waals surface area contributed by atoms with Gasteiger partial charge in [0.1, 0.15) is 10.7 Å². The quantitative estimate of drug-likeness (QED) is 0.431. The van der Waals surface area contributed by atoms with Crippen LogP contribution in [0.5, 0.6) is 0 Å². The molecule has 0 unspecified atom stereocenters. The maximum atomic E-state index is 12.6. The van der Waals surface area contributed by atoms with E-state index in [0.29, 0.717) is 23.8 Å². The maximum Gasteiger partial charge on any atom is 0.259 e. The van der Waals surface area contributed by atoms with Crippen molar-refractivity contribution in [3.8, 4) is 0 Å². The van der Waals surface area contributed by atoms with Gasteiger partial charge in [-0.2, -0.15) is 5.10 Å². The highest BCUT2D eigenvalue weighted by Crippen LogP contribution is 2.33. The zero-order valence-corrected chi connectivity index (χ0v) is 19.1. The van der Waals surface area contributed by atoms with Crippen molar-refractivity contribution in [3.63, 3.8) is 0 Å². The van der Waals surface area contributed by atoms with E-state index in [1.165, 1.54) is 28.6 Å². The van der Waals surface area contributed by atoms with Gasteiger partial charge in [-0.25, -0.2) is 4.98 Å². The molecule has 1 amide bonds. The minimum absolute atomic E-state index is 0.0553. The number of rotatable bonds is 7. The number of thioether (sulfide) groups is 1. The maximum absolute atomic E-state index is 12.6. The van der Waals surface area contributed by atoms with E-state index >= 15 is 0 Å².